The maximum absolute atomic E-state index is 11.5. The summed E-state index contributed by atoms with van der Waals surface area (Å²) in [6, 6.07) is 7.47. The summed E-state index contributed by atoms with van der Waals surface area (Å²) in [5, 5.41) is 11.2. The van der Waals surface area contributed by atoms with Gasteiger partial charge in [-0.25, -0.2) is 0 Å². The van der Waals surface area contributed by atoms with Gasteiger partial charge in [-0.1, -0.05) is 12.1 Å². The van der Waals surface area contributed by atoms with Gasteiger partial charge in [-0.15, -0.1) is 0 Å². The smallest absolute Gasteiger partial charge is 0.251 e. The van der Waals surface area contributed by atoms with Crippen LogP contribution in [0.4, 0.5) is 0 Å². The predicted molar refractivity (Wildman–Crippen MR) is 63.3 cm³/mol. The molecule has 0 spiro atoms. The molecule has 1 rings (SSSR count). The minimum absolute atomic E-state index is 0.0372. The van der Waals surface area contributed by atoms with Gasteiger partial charge in [0.1, 0.15) is 0 Å². The molecule has 88 valence electrons. The third kappa shape index (κ3) is 4.00. The molecule has 1 aromatic rings. The highest BCUT2D eigenvalue weighted by molar-refractivity contribution is 5.94. The number of amides is 1. The molecule has 0 aliphatic rings. The number of carbonyl (C=O) groups excluding carboxylic acids is 1. The number of benzene rings is 1. The lowest BCUT2D eigenvalue weighted by molar-refractivity contribution is 0.0945. The average molecular weight is 222 g/mol. The van der Waals surface area contributed by atoms with Crippen LogP contribution in [0, 0.1) is 0 Å². The van der Waals surface area contributed by atoms with Crippen LogP contribution < -0.4 is 5.32 Å². The summed E-state index contributed by atoms with van der Waals surface area (Å²) in [5.41, 5.74) is 1.79. The molecule has 0 saturated carbocycles. The van der Waals surface area contributed by atoms with Crippen LogP contribution in [-0.2, 0) is 6.54 Å². The number of aliphatic hydroxyl groups is 1. The first-order valence-corrected chi connectivity index (χ1v) is 5.26. The van der Waals surface area contributed by atoms with Crippen molar-refractivity contribution in [3.8, 4) is 0 Å². The minimum atomic E-state index is -0.148. The standard InChI is InChI=1S/C12H18N2O2/c1-14(2)9-10-3-5-11(6-4-10)12(16)13-7-8-15/h3-6,15H,7-9H2,1-2H3,(H,13,16). The summed E-state index contributed by atoms with van der Waals surface area (Å²) in [5.74, 6) is -0.148. The second kappa shape index (κ2) is 6.25. The highest BCUT2D eigenvalue weighted by Crippen LogP contribution is 2.05. The first kappa shape index (κ1) is 12.7. The molecule has 0 bridgehead atoms. The molecule has 0 aromatic heterocycles. The van der Waals surface area contributed by atoms with Gasteiger partial charge in [0, 0.05) is 18.7 Å². The number of nitrogens with one attached hydrogen (secondary N) is 1. The Bertz CT molecular complexity index is 333. The Morgan fingerprint density at radius 1 is 1.31 bits per heavy atom. The van der Waals surface area contributed by atoms with E-state index in [1.165, 1.54) is 5.56 Å². The fourth-order valence-electron chi connectivity index (χ4n) is 1.40. The van der Waals surface area contributed by atoms with Gasteiger partial charge >= 0.3 is 0 Å². The lowest BCUT2D eigenvalue weighted by atomic mass is 10.1. The first-order valence-electron chi connectivity index (χ1n) is 5.26. The molecule has 0 unspecified atom stereocenters. The molecule has 16 heavy (non-hydrogen) atoms. The molecule has 4 heteroatoms. The summed E-state index contributed by atoms with van der Waals surface area (Å²) in [7, 11) is 4.00. The Balaban J connectivity index is 2.60. The van der Waals surface area contributed by atoms with E-state index in [0.717, 1.165) is 6.54 Å². The Morgan fingerprint density at radius 3 is 2.44 bits per heavy atom. The van der Waals surface area contributed by atoms with Crippen LogP contribution in [0.3, 0.4) is 0 Å². The van der Waals surface area contributed by atoms with Crippen molar-refractivity contribution in [2.24, 2.45) is 0 Å². The van der Waals surface area contributed by atoms with Gasteiger partial charge in [0.15, 0.2) is 0 Å². The summed E-state index contributed by atoms with van der Waals surface area (Å²) in [4.78, 5) is 13.6. The van der Waals surface area contributed by atoms with Crippen molar-refractivity contribution in [1.82, 2.24) is 10.2 Å². The van der Waals surface area contributed by atoms with Crippen molar-refractivity contribution < 1.29 is 9.90 Å². The first-order chi connectivity index (χ1) is 7.63. The molecule has 4 nitrogen and oxygen atoms in total. The Labute approximate surface area is 95.9 Å². The molecule has 0 heterocycles. The Hall–Kier alpha value is -1.39. The number of aliphatic hydroxyl groups excluding tert-OH is 1. The molecule has 0 saturated heterocycles. The molecular formula is C12H18N2O2. The fraction of sp³-hybridized carbons (Fsp3) is 0.417. The zero-order chi connectivity index (χ0) is 12.0. The molecular weight excluding hydrogens is 204 g/mol. The van der Waals surface area contributed by atoms with Crippen LogP contribution >= 0.6 is 0 Å². The highest BCUT2D eigenvalue weighted by Gasteiger charge is 2.04. The normalized spacial score (nSPS) is 10.5. The maximum Gasteiger partial charge on any atom is 0.251 e. The molecule has 1 aromatic carbocycles. The zero-order valence-electron chi connectivity index (χ0n) is 9.73. The van der Waals surface area contributed by atoms with Crippen molar-refractivity contribution in [2.45, 2.75) is 6.54 Å². The van der Waals surface area contributed by atoms with E-state index in [1.807, 2.05) is 26.2 Å². The lowest BCUT2D eigenvalue weighted by Crippen LogP contribution is -2.26. The molecule has 0 aliphatic heterocycles. The maximum atomic E-state index is 11.5. The van der Waals surface area contributed by atoms with Crippen molar-refractivity contribution in [3.05, 3.63) is 35.4 Å². The molecule has 0 atom stereocenters. The number of rotatable bonds is 5. The van der Waals surface area contributed by atoms with E-state index in [4.69, 9.17) is 5.11 Å². The number of carbonyl (C=O) groups is 1. The van der Waals surface area contributed by atoms with Crippen LogP contribution in [0.15, 0.2) is 24.3 Å². The SMILES string of the molecule is CN(C)Cc1ccc(C(=O)NCCO)cc1. The van der Waals surface area contributed by atoms with Crippen molar-refractivity contribution in [1.29, 1.82) is 0 Å². The topological polar surface area (TPSA) is 52.6 Å². The number of hydrogen-bond donors (Lipinski definition) is 2. The second-order valence-corrected chi connectivity index (χ2v) is 3.91. The summed E-state index contributed by atoms with van der Waals surface area (Å²) in [6.45, 7) is 1.11. The average Bonchev–Trinajstić information content (AvgIpc) is 2.26. The van der Waals surface area contributed by atoms with Crippen LogP contribution in [0.1, 0.15) is 15.9 Å². The van der Waals surface area contributed by atoms with E-state index >= 15 is 0 Å². The van der Waals surface area contributed by atoms with Gasteiger partial charge < -0.3 is 15.3 Å². The van der Waals surface area contributed by atoms with Crippen molar-refractivity contribution in [2.75, 3.05) is 27.2 Å². The van der Waals surface area contributed by atoms with E-state index in [2.05, 4.69) is 10.2 Å². The summed E-state index contributed by atoms with van der Waals surface area (Å²) >= 11 is 0. The second-order valence-electron chi connectivity index (χ2n) is 3.91. The molecule has 2 N–H and O–H groups in total. The van der Waals surface area contributed by atoms with Gasteiger partial charge in [-0.05, 0) is 31.8 Å². The van der Waals surface area contributed by atoms with E-state index in [1.54, 1.807) is 12.1 Å². The number of hydrogen-bond acceptors (Lipinski definition) is 3. The Kier molecular flexibility index (Phi) is 4.95. The molecule has 0 radical (unpaired) electrons. The largest absolute Gasteiger partial charge is 0.395 e. The lowest BCUT2D eigenvalue weighted by Gasteiger charge is -2.10. The van der Waals surface area contributed by atoms with E-state index in [9.17, 15) is 4.79 Å². The van der Waals surface area contributed by atoms with Crippen LogP contribution in [-0.4, -0.2) is 43.2 Å². The van der Waals surface area contributed by atoms with Gasteiger partial charge in [0.25, 0.3) is 5.91 Å². The molecule has 0 fully saturated rings. The van der Waals surface area contributed by atoms with Gasteiger partial charge in [-0.3, -0.25) is 4.79 Å². The van der Waals surface area contributed by atoms with Crippen LogP contribution in [0.5, 0.6) is 0 Å². The zero-order valence-corrected chi connectivity index (χ0v) is 9.73. The van der Waals surface area contributed by atoms with Gasteiger partial charge in [0.2, 0.25) is 0 Å². The Morgan fingerprint density at radius 2 is 1.94 bits per heavy atom. The summed E-state index contributed by atoms with van der Waals surface area (Å²) < 4.78 is 0. The minimum Gasteiger partial charge on any atom is -0.395 e. The van der Waals surface area contributed by atoms with Crippen LogP contribution in [0.25, 0.3) is 0 Å². The fourth-order valence-corrected chi connectivity index (χ4v) is 1.40. The van der Waals surface area contributed by atoms with Gasteiger partial charge in [-0.2, -0.15) is 0 Å². The molecule has 1 amide bonds. The molecule has 0 aliphatic carbocycles. The van der Waals surface area contributed by atoms with Crippen LogP contribution in [0.2, 0.25) is 0 Å². The van der Waals surface area contributed by atoms with Crippen molar-refractivity contribution in [3.63, 3.8) is 0 Å². The highest BCUT2D eigenvalue weighted by atomic mass is 16.3. The third-order valence-electron chi connectivity index (χ3n) is 2.11. The number of nitrogens with zero attached hydrogens (tertiary/aromatic N) is 1. The third-order valence-corrected chi connectivity index (χ3v) is 2.11. The van der Waals surface area contributed by atoms with E-state index < -0.39 is 0 Å². The van der Waals surface area contributed by atoms with Gasteiger partial charge in [0.05, 0.1) is 6.61 Å². The van der Waals surface area contributed by atoms with Crippen molar-refractivity contribution >= 4 is 5.91 Å². The predicted octanol–water partition coefficient (Wildman–Crippen LogP) is 0.470. The quantitative estimate of drug-likeness (QED) is 0.761. The van der Waals surface area contributed by atoms with E-state index in [0.29, 0.717) is 5.56 Å². The summed E-state index contributed by atoms with van der Waals surface area (Å²) in [6.07, 6.45) is 0. The van der Waals surface area contributed by atoms with E-state index in [-0.39, 0.29) is 19.1 Å². The monoisotopic (exact) mass is 222 g/mol.